The Morgan fingerprint density at radius 1 is 1.10 bits per heavy atom. The number of hydrogen-bond acceptors (Lipinski definition) is 5. The number of carbonyl (C=O) groups excluding carboxylic acids is 2. The lowest BCUT2D eigenvalue weighted by Gasteiger charge is -2.08. The molecular formula is C20H18F2N4O3. The fourth-order valence-electron chi connectivity index (χ4n) is 2.71. The molecule has 0 atom stereocenters. The molecule has 2 heterocycles. The molecule has 0 saturated heterocycles. The number of amides is 1. The minimum atomic E-state index is -0.715. The molecule has 9 heteroatoms. The Balaban J connectivity index is 1.79. The normalized spacial score (nSPS) is 10.6. The Bertz CT molecular complexity index is 1050. The van der Waals surface area contributed by atoms with Gasteiger partial charge >= 0.3 is 5.97 Å². The van der Waals surface area contributed by atoms with Gasteiger partial charge in [-0.15, -0.1) is 0 Å². The molecule has 0 aliphatic heterocycles. The Labute approximate surface area is 165 Å². The van der Waals surface area contributed by atoms with Crippen molar-refractivity contribution in [2.45, 2.75) is 20.4 Å². The van der Waals surface area contributed by atoms with Crippen molar-refractivity contribution in [3.8, 4) is 11.1 Å². The second-order valence-electron chi connectivity index (χ2n) is 6.20. The number of hydrogen-bond donors (Lipinski definition) is 1. The molecule has 3 aromatic rings. The van der Waals surface area contributed by atoms with Gasteiger partial charge in [-0.25, -0.2) is 13.8 Å². The van der Waals surface area contributed by atoms with E-state index in [0.717, 1.165) is 6.07 Å². The summed E-state index contributed by atoms with van der Waals surface area (Å²) in [6.07, 6.45) is 1.52. The molecule has 0 unspecified atom stereocenters. The number of pyridine rings is 1. The average molecular weight is 400 g/mol. The van der Waals surface area contributed by atoms with Crippen LogP contribution in [0.3, 0.4) is 0 Å². The minimum Gasteiger partial charge on any atom is -0.465 e. The van der Waals surface area contributed by atoms with E-state index in [1.54, 1.807) is 19.9 Å². The van der Waals surface area contributed by atoms with Gasteiger partial charge in [-0.2, -0.15) is 5.10 Å². The SMILES string of the molecule is CCOC(=O)Cn1ccc(NC(=O)c2cc(-c3cc(F)cc(F)c3)cc(C)n2)n1. The summed E-state index contributed by atoms with van der Waals surface area (Å²) in [5.41, 5.74) is 1.31. The lowest BCUT2D eigenvalue weighted by atomic mass is 10.0. The van der Waals surface area contributed by atoms with E-state index < -0.39 is 23.5 Å². The summed E-state index contributed by atoms with van der Waals surface area (Å²) >= 11 is 0. The lowest BCUT2D eigenvalue weighted by molar-refractivity contribution is -0.144. The van der Waals surface area contributed by atoms with Crippen LogP contribution >= 0.6 is 0 Å². The molecule has 0 aliphatic rings. The number of ether oxygens (including phenoxy) is 1. The first kappa shape index (κ1) is 20.1. The van der Waals surface area contributed by atoms with Gasteiger partial charge in [0, 0.05) is 24.0 Å². The van der Waals surface area contributed by atoms with Gasteiger partial charge < -0.3 is 10.1 Å². The van der Waals surface area contributed by atoms with E-state index in [4.69, 9.17) is 4.74 Å². The Morgan fingerprint density at radius 2 is 1.79 bits per heavy atom. The maximum absolute atomic E-state index is 13.5. The van der Waals surface area contributed by atoms with E-state index in [0.29, 0.717) is 16.8 Å². The van der Waals surface area contributed by atoms with E-state index in [2.05, 4.69) is 15.4 Å². The number of anilines is 1. The molecule has 7 nitrogen and oxygen atoms in total. The van der Waals surface area contributed by atoms with Crippen LogP contribution < -0.4 is 5.32 Å². The topological polar surface area (TPSA) is 86.1 Å². The fraction of sp³-hybridized carbons (Fsp3) is 0.200. The fourth-order valence-corrected chi connectivity index (χ4v) is 2.71. The van der Waals surface area contributed by atoms with E-state index >= 15 is 0 Å². The molecule has 1 amide bonds. The second-order valence-corrected chi connectivity index (χ2v) is 6.20. The van der Waals surface area contributed by atoms with Crippen molar-refractivity contribution in [3.05, 3.63) is 65.6 Å². The van der Waals surface area contributed by atoms with Gasteiger partial charge in [0.15, 0.2) is 5.82 Å². The van der Waals surface area contributed by atoms with Gasteiger partial charge in [0.2, 0.25) is 0 Å². The summed E-state index contributed by atoms with van der Waals surface area (Å²) in [6, 6.07) is 7.71. The van der Waals surface area contributed by atoms with Crippen molar-refractivity contribution in [2.24, 2.45) is 0 Å². The van der Waals surface area contributed by atoms with Crippen LogP contribution in [0, 0.1) is 18.6 Å². The van der Waals surface area contributed by atoms with Gasteiger partial charge in [-0.05, 0) is 49.2 Å². The number of rotatable bonds is 6. The molecule has 0 aliphatic carbocycles. The summed E-state index contributed by atoms with van der Waals surface area (Å²) in [5.74, 6) is -2.20. The summed E-state index contributed by atoms with van der Waals surface area (Å²) in [4.78, 5) is 28.2. The van der Waals surface area contributed by atoms with Crippen LogP contribution in [0.25, 0.3) is 11.1 Å². The van der Waals surface area contributed by atoms with Crippen LogP contribution in [0.15, 0.2) is 42.6 Å². The summed E-state index contributed by atoms with van der Waals surface area (Å²) in [5, 5.41) is 6.66. The van der Waals surface area contributed by atoms with E-state index in [-0.39, 0.29) is 24.7 Å². The zero-order chi connectivity index (χ0) is 21.0. The molecule has 1 aromatic carbocycles. The van der Waals surface area contributed by atoms with Crippen molar-refractivity contribution in [1.29, 1.82) is 0 Å². The van der Waals surface area contributed by atoms with Crippen LogP contribution in [0.5, 0.6) is 0 Å². The predicted octanol–water partition coefficient (Wildman–Crippen LogP) is 3.35. The third-order valence-corrected chi connectivity index (χ3v) is 3.86. The first-order chi connectivity index (χ1) is 13.8. The number of carbonyl (C=O) groups is 2. The van der Waals surface area contributed by atoms with Gasteiger partial charge in [0.25, 0.3) is 5.91 Å². The smallest absolute Gasteiger partial charge is 0.327 e. The maximum atomic E-state index is 13.5. The third kappa shape index (κ3) is 5.22. The highest BCUT2D eigenvalue weighted by Crippen LogP contribution is 2.23. The van der Waals surface area contributed by atoms with Gasteiger partial charge in [-0.3, -0.25) is 14.3 Å². The number of esters is 1. The van der Waals surface area contributed by atoms with E-state index in [9.17, 15) is 18.4 Å². The minimum absolute atomic E-state index is 0.0598. The molecule has 0 spiro atoms. The molecule has 2 aromatic heterocycles. The highest BCUT2D eigenvalue weighted by atomic mass is 19.1. The number of nitrogens with zero attached hydrogens (tertiary/aromatic N) is 3. The summed E-state index contributed by atoms with van der Waals surface area (Å²) in [7, 11) is 0. The zero-order valence-electron chi connectivity index (χ0n) is 15.8. The largest absolute Gasteiger partial charge is 0.465 e. The van der Waals surface area contributed by atoms with E-state index in [1.807, 2.05) is 0 Å². The first-order valence-corrected chi connectivity index (χ1v) is 8.79. The Hall–Kier alpha value is -3.62. The highest BCUT2D eigenvalue weighted by molar-refractivity contribution is 6.03. The van der Waals surface area contributed by atoms with Crippen molar-refractivity contribution >= 4 is 17.7 Å². The van der Waals surface area contributed by atoms with Crippen LogP contribution in [0.1, 0.15) is 23.1 Å². The molecule has 0 saturated carbocycles. The van der Waals surface area contributed by atoms with Crippen molar-refractivity contribution in [1.82, 2.24) is 14.8 Å². The molecule has 0 fully saturated rings. The number of aromatic nitrogens is 3. The third-order valence-electron chi connectivity index (χ3n) is 3.86. The standard InChI is InChI=1S/C20H18F2N4O3/c1-3-29-19(27)11-26-5-4-18(25-26)24-20(28)17-9-13(6-12(2)23-17)14-7-15(21)10-16(22)8-14/h4-10H,3,11H2,1-2H3,(H,24,25,28). The van der Waals surface area contributed by atoms with Crippen molar-refractivity contribution in [2.75, 3.05) is 11.9 Å². The van der Waals surface area contributed by atoms with Gasteiger partial charge in [0.1, 0.15) is 23.9 Å². The van der Waals surface area contributed by atoms with Crippen LogP contribution in [-0.4, -0.2) is 33.2 Å². The predicted molar refractivity (Wildman–Crippen MR) is 101 cm³/mol. The van der Waals surface area contributed by atoms with Crippen LogP contribution in [0.4, 0.5) is 14.6 Å². The number of aryl methyl sites for hydroxylation is 1. The monoisotopic (exact) mass is 400 g/mol. The average Bonchev–Trinajstić information content (AvgIpc) is 3.07. The quantitative estimate of drug-likeness (QED) is 0.642. The summed E-state index contributed by atoms with van der Waals surface area (Å²) in [6.45, 7) is 3.56. The second kappa shape index (κ2) is 8.59. The summed E-state index contributed by atoms with van der Waals surface area (Å²) < 4.78 is 33.2. The zero-order valence-corrected chi connectivity index (χ0v) is 15.8. The molecule has 29 heavy (non-hydrogen) atoms. The molecule has 0 bridgehead atoms. The molecule has 0 radical (unpaired) electrons. The molecule has 3 rings (SSSR count). The Morgan fingerprint density at radius 3 is 2.48 bits per heavy atom. The molecule has 1 N–H and O–H groups in total. The Kier molecular flexibility index (Phi) is 5.96. The maximum Gasteiger partial charge on any atom is 0.327 e. The highest BCUT2D eigenvalue weighted by Gasteiger charge is 2.14. The van der Waals surface area contributed by atoms with Crippen LogP contribution in [-0.2, 0) is 16.1 Å². The molecule has 150 valence electrons. The number of halogens is 2. The van der Waals surface area contributed by atoms with Crippen molar-refractivity contribution in [3.63, 3.8) is 0 Å². The van der Waals surface area contributed by atoms with Gasteiger partial charge in [0.05, 0.1) is 6.61 Å². The lowest BCUT2D eigenvalue weighted by Crippen LogP contribution is -2.16. The first-order valence-electron chi connectivity index (χ1n) is 8.79. The number of benzene rings is 1. The van der Waals surface area contributed by atoms with Crippen LogP contribution in [0.2, 0.25) is 0 Å². The molecular weight excluding hydrogens is 382 g/mol. The van der Waals surface area contributed by atoms with Crippen molar-refractivity contribution < 1.29 is 23.1 Å². The van der Waals surface area contributed by atoms with Gasteiger partial charge in [-0.1, -0.05) is 0 Å². The van der Waals surface area contributed by atoms with E-state index in [1.165, 1.54) is 35.1 Å². The number of nitrogens with one attached hydrogen (secondary N) is 1.